The zero-order chi connectivity index (χ0) is 18.3. The summed E-state index contributed by atoms with van der Waals surface area (Å²) in [5.41, 5.74) is 3.67. The van der Waals surface area contributed by atoms with Crippen LogP contribution in [0.1, 0.15) is 33.2 Å². The molecule has 0 radical (unpaired) electrons. The van der Waals surface area contributed by atoms with E-state index in [4.69, 9.17) is 9.47 Å². The van der Waals surface area contributed by atoms with E-state index in [9.17, 15) is 9.90 Å². The van der Waals surface area contributed by atoms with Crippen LogP contribution in [-0.4, -0.2) is 37.2 Å². The molecule has 0 saturated heterocycles. The highest BCUT2D eigenvalue weighted by Crippen LogP contribution is 2.40. The Hall–Kier alpha value is -2.89. The summed E-state index contributed by atoms with van der Waals surface area (Å²) in [6.07, 6.45) is -0.337. The average Bonchev–Trinajstić information content (AvgIpc) is 2.61. The maximum Gasteiger partial charge on any atom is 0.257 e. The van der Waals surface area contributed by atoms with Gasteiger partial charge in [0.2, 0.25) is 0 Å². The van der Waals surface area contributed by atoms with Gasteiger partial charge in [-0.05, 0) is 48.7 Å². The predicted octanol–water partition coefficient (Wildman–Crippen LogP) is 3.22. The summed E-state index contributed by atoms with van der Waals surface area (Å²) in [6.45, 7) is 3.69. The summed E-state index contributed by atoms with van der Waals surface area (Å²) in [4.78, 5) is 14.5. The van der Waals surface area contributed by atoms with Crippen molar-refractivity contribution >= 4 is 11.6 Å². The molecule has 0 fully saturated rings. The number of phenols is 1. The number of carbonyl (C=O) groups excluding carboxylic acids is 1. The van der Waals surface area contributed by atoms with Gasteiger partial charge in [-0.25, -0.2) is 0 Å². The Morgan fingerprint density at radius 2 is 1.60 bits per heavy atom. The number of carbonyl (C=O) groups is 1. The summed E-state index contributed by atoms with van der Waals surface area (Å²) in [5.74, 6) is 1.24. The third kappa shape index (κ3) is 2.73. The molecular formula is C19H22N2O4. The lowest BCUT2D eigenvalue weighted by Gasteiger charge is -2.36. The fraction of sp³-hybridized carbons (Fsp3) is 0.316. The largest absolute Gasteiger partial charge is 0.507 e. The molecule has 1 aliphatic rings. The monoisotopic (exact) mass is 342 g/mol. The number of phenolic OH excluding ortho intramolecular Hbond substituents is 1. The maximum absolute atomic E-state index is 12.8. The summed E-state index contributed by atoms with van der Waals surface area (Å²) < 4.78 is 10.6. The van der Waals surface area contributed by atoms with E-state index >= 15 is 0 Å². The van der Waals surface area contributed by atoms with E-state index in [1.807, 2.05) is 26.0 Å². The Balaban J connectivity index is 2.08. The van der Waals surface area contributed by atoms with Gasteiger partial charge in [-0.2, -0.15) is 0 Å². The normalized spacial score (nSPS) is 16.3. The highest BCUT2D eigenvalue weighted by molar-refractivity contribution is 6.02. The van der Waals surface area contributed by atoms with Gasteiger partial charge >= 0.3 is 0 Å². The molecule has 0 unspecified atom stereocenters. The van der Waals surface area contributed by atoms with E-state index in [0.717, 1.165) is 16.7 Å². The van der Waals surface area contributed by atoms with Crippen LogP contribution in [0.25, 0.3) is 0 Å². The first-order valence-corrected chi connectivity index (χ1v) is 7.97. The van der Waals surface area contributed by atoms with Crippen LogP contribution in [0, 0.1) is 13.8 Å². The summed E-state index contributed by atoms with van der Waals surface area (Å²) >= 11 is 0. The molecule has 2 N–H and O–H groups in total. The van der Waals surface area contributed by atoms with Crippen LogP contribution < -0.4 is 14.8 Å². The van der Waals surface area contributed by atoms with E-state index in [1.54, 1.807) is 38.3 Å². The lowest BCUT2D eigenvalue weighted by Crippen LogP contribution is -2.40. The Morgan fingerprint density at radius 3 is 2.16 bits per heavy atom. The number of nitrogens with zero attached hydrogens (tertiary/aromatic N) is 1. The van der Waals surface area contributed by atoms with Gasteiger partial charge in [0.15, 0.2) is 11.5 Å². The molecule has 0 aliphatic carbocycles. The first-order chi connectivity index (χ1) is 11.9. The molecule has 2 aromatic carbocycles. The fourth-order valence-corrected chi connectivity index (χ4v) is 3.18. The molecule has 0 saturated carbocycles. The molecule has 2 aromatic rings. The topological polar surface area (TPSA) is 71.0 Å². The Morgan fingerprint density at radius 1 is 1.04 bits per heavy atom. The van der Waals surface area contributed by atoms with Crippen molar-refractivity contribution in [3.63, 3.8) is 0 Å². The molecule has 25 heavy (non-hydrogen) atoms. The smallest absolute Gasteiger partial charge is 0.257 e. The van der Waals surface area contributed by atoms with Crippen LogP contribution in [0.5, 0.6) is 17.2 Å². The Kier molecular flexibility index (Phi) is 4.20. The van der Waals surface area contributed by atoms with Crippen molar-refractivity contribution in [3.8, 4) is 17.2 Å². The first-order valence-electron chi connectivity index (χ1n) is 7.97. The van der Waals surface area contributed by atoms with Gasteiger partial charge in [-0.15, -0.1) is 0 Å². The van der Waals surface area contributed by atoms with Gasteiger partial charge in [-0.3, -0.25) is 4.79 Å². The van der Waals surface area contributed by atoms with Crippen LogP contribution in [-0.2, 0) is 0 Å². The van der Waals surface area contributed by atoms with Gasteiger partial charge in [0.1, 0.15) is 11.9 Å². The number of rotatable bonds is 3. The van der Waals surface area contributed by atoms with Crippen LogP contribution in [0.15, 0.2) is 24.3 Å². The number of hydrogen-bond acceptors (Lipinski definition) is 5. The van der Waals surface area contributed by atoms with Crippen molar-refractivity contribution in [1.82, 2.24) is 4.90 Å². The van der Waals surface area contributed by atoms with Crippen molar-refractivity contribution in [1.29, 1.82) is 0 Å². The molecule has 0 bridgehead atoms. The zero-order valence-electron chi connectivity index (χ0n) is 15.0. The lowest BCUT2D eigenvalue weighted by atomic mass is 9.99. The zero-order valence-corrected chi connectivity index (χ0v) is 15.0. The molecule has 1 amide bonds. The Bertz CT molecular complexity index is 825. The van der Waals surface area contributed by atoms with Crippen molar-refractivity contribution in [2.75, 3.05) is 26.6 Å². The summed E-state index contributed by atoms with van der Waals surface area (Å²) in [5, 5.41) is 13.4. The second kappa shape index (κ2) is 6.20. The Labute approximate surface area is 147 Å². The van der Waals surface area contributed by atoms with Gasteiger partial charge in [0.05, 0.1) is 25.5 Å². The van der Waals surface area contributed by atoms with Crippen LogP contribution in [0.2, 0.25) is 0 Å². The van der Waals surface area contributed by atoms with Gasteiger partial charge < -0.3 is 24.8 Å². The van der Waals surface area contributed by atoms with E-state index in [2.05, 4.69) is 5.32 Å². The quantitative estimate of drug-likeness (QED) is 0.896. The van der Waals surface area contributed by atoms with E-state index < -0.39 is 0 Å². The number of nitrogens with one attached hydrogen (secondary N) is 1. The maximum atomic E-state index is 12.8. The third-order valence-electron chi connectivity index (χ3n) is 4.58. The van der Waals surface area contributed by atoms with Crippen molar-refractivity contribution < 1.29 is 19.4 Å². The first kappa shape index (κ1) is 17.0. The number of hydrogen-bond donors (Lipinski definition) is 2. The molecular weight excluding hydrogens is 320 g/mol. The number of anilines is 1. The minimum Gasteiger partial charge on any atom is -0.507 e. The molecule has 0 aromatic heterocycles. The SMILES string of the molecule is COc1cc2c(cc1OC)C(=O)N(C)[C@H](c1cc(C)c(O)c(C)c1)N2. The number of benzene rings is 2. The minimum atomic E-state index is -0.337. The second-order valence-corrected chi connectivity index (χ2v) is 6.22. The minimum absolute atomic E-state index is 0.108. The highest BCUT2D eigenvalue weighted by Gasteiger charge is 2.32. The molecule has 1 aliphatic heterocycles. The van der Waals surface area contributed by atoms with Crippen molar-refractivity contribution in [2.45, 2.75) is 20.0 Å². The van der Waals surface area contributed by atoms with Crippen molar-refractivity contribution in [2.24, 2.45) is 0 Å². The number of aromatic hydroxyl groups is 1. The number of aryl methyl sites for hydroxylation is 2. The summed E-state index contributed by atoms with van der Waals surface area (Å²) in [6, 6.07) is 7.22. The van der Waals surface area contributed by atoms with Gasteiger partial charge in [-0.1, -0.05) is 0 Å². The third-order valence-corrected chi connectivity index (χ3v) is 4.58. The standard InChI is InChI=1S/C19H22N2O4/c1-10-6-12(7-11(2)17(10)22)18-20-14-9-16(25-5)15(24-4)8-13(14)19(23)21(18)3/h6-9,18,20,22H,1-5H3/t18-/m1/s1. The number of fused-ring (bicyclic) bond motifs is 1. The number of ether oxygens (including phenoxy) is 2. The van der Waals surface area contributed by atoms with Gasteiger partial charge in [0, 0.05) is 13.1 Å². The average molecular weight is 342 g/mol. The lowest BCUT2D eigenvalue weighted by molar-refractivity contribution is 0.0735. The molecule has 1 heterocycles. The molecule has 132 valence electrons. The fourth-order valence-electron chi connectivity index (χ4n) is 3.18. The van der Waals surface area contributed by atoms with Crippen LogP contribution in [0.3, 0.4) is 0 Å². The predicted molar refractivity (Wildman–Crippen MR) is 95.6 cm³/mol. The van der Waals surface area contributed by atoms with E-state index in [-0.39, 0.29) is 17.8 Å². The molecule has 6 nitrogen and oxygen atoms in total. The van der Waals surface area contributed by atoms with Crippen molar-refractivity contribution in [3.05, 3.63) is 46.5 Å². The van der Waals surface area contributed by atoms with E-state index in [1.165, 1.54) is 0 Å². The summed E-state index contributed by atoms with van der Waals surface area (Å²) in [7, 11) is 4.85. The van der Waals surface area contributed by atoms with Crippen LogP contribution >= 0.6 is 0 Å². The number of amides is 1. The molecule has 1 atom stereocenters. The van der Waals surface area contributed by atoms with Crippen LogP contribution in [0.4, 0.5) is 5.69 Å². The number of methoxy groups -OCH3 is 2. The molecule has 3 rings (SSSR count). The molecule has 0 spiro atoms. The second-order valence-electron chi connectivity index (χ2n) is 6.22. The molecule has 6 heteroatoms. The van der Waals surface area contributed by atoms with E-state index in [0.29, 0.717) is 22.7 Å². The highest BCUT2D eigenvalue weighted by atomic mass is 16.5. The van der Waals surface area contributed by atoms with Gasteiger partial charge in [0.25, 0.3) is 5.91 Å².